The number of rotatable bonds is 7. The SMILES string of the molecule is C=C/C=C(/OC(/C=C\C)=C/CCC)C(=C)C#N.CC. The van der Waals surface area contributed by atoms with Gasteiger partial charge in [0.25, 0.3) is 0 Å². The molecule has 0 heterocycles. The van der Waals surface area contributed by atoms with E-state index in [1.807, 2.05) is 45.1 Å². The maximum Gasteiger partial charge on any atom is 0.144 e. The van der Waals surface area contributed by atoms with Crippen molar-refractivity contribution in [1.82, 2.24) is 0 Å². The molecule has 104 valence electrons. The van der Waals surface area contributed by atoms with E-state index >= 15 is 0 Å². The Morgan fingerprint density at radius 1 is 1.37 bits per heavy atom. The molecule has 0 aliphatic rings. The summed E-state index contributed by atoms with van der Waals surface area (Å²) in [6.45, 7) is 15.2. The van der Waals surface area contributed by atoms with Crippen LogP contribution in [0.15, 0.2) is 60.6 Å². The second kappa shape index (κ2) is 14.1. The van der Waals surface area contributed by atoms with Crippen LogP contribution in [0.1, 0.15) is 40.5 Å². The van der Waals surface area contributed by atoms with Gasteiger partial charge in [0.15, 0.2) is 0 Å². The van der Waals surface area contributed by atoms with Crippen molar-refractivity contribution in [3.63, 3.8) is 0 Å². The zero-order chi connectivity index (χ0) is 15.1. The van der Waals surface area contributed by atoms with Crippen LogP contribution in [0.5, 0.6) is 0 Å². The Bertz CT molecular complexity index is 392. The van der Waals surface area contributed by atoms with Crippen molar-refractivity contribution in [2.24, 2.45) is 0 Å². The fourth-order valence-electron chi connectivity index (χ4n) is 1.08. The topological polar surface area (TPSA) is 33.0 Å². The first-order valence-corrected chi connectivity index (χ1v) is 6.62. The fourth-order valence-corrected chi connectivity index (χ4v) is 1.08. The van der Waals surface area contributed by atoms with E-state index in [0.29, 0.717) is 5.76 Å². The number of nitrogens with zero attached hydrogens (tertiary/aromatic N) is 1. The van der Waals surface area contributed by atoms with Crippen LogP contribution in [0.4, 0.5) is 0 Å². The third-order valence-corrected chi connectivity index (χ3v) is 1.89. The second-order valence-electron chi connectivity index (χ2n) is 3.35. The van der Waals surface area contributed by atoms with Gasteiger partial charge >= 0.3 is 0 Å². The van der Waals surface area contributed by atoms with Crippen LogP contribution in [0, 0.1) is 11.3 Å². The van der Waals surface area contributed by atoms with Gasteiger partial charge in [-0.3, -0.25) is 0 Å². The quantitative estimate of drug-likeness (QED) is 0.346. The summed E-state index contributed by atoms with van der Waals surface area (Å²) in [4.78, 5) is 0. The first-order chi connectivity index (χ1) is 9.19. The molecule has 0 amide bonds. The molecule has 0 spiro atoms. The lowest BCUT2D eigenvalue weighted by Gasteiger charge is -2.09. The predicted molar refractivity (Wildman–Crippen MR) is 83.3 cm³/mol. The molecule has 0 atom stereocenters. The Balaban J connectivity index is 0. The van der Waals surface area contributed by atoms with Crippen LogP contribution in [0.2, 0.25) is 0 Å². The highest BCUT2D eigenvalue weighted by atomic mass is 16.5. The molecule has 0 N–H and O–H groups in total. The molecule has 0 saturated carbocycles. The van der Waals surface area contributed by atoms with Crippen molar-refractivity contribution in [2.75, 3.05) is 0 Å². The Hall–Kier alpha value is -2.01. The van der Waals surface area contributed by atoms with Crippen molar-refractivity contribution in [1.29, 1.82) is 5.26 Å². The van der Waals surface area contributed by atoms with E-state index in [2.05, 4.69) is 20.1 Å². The van der Waals surface area contributed by atoms with Gasteiger partial charge in [0.2, 0.25) is 0 Å². The van der Waals surface area contributed by atoms with Crippen LogP contribution >= 0.6 is 0 Å². The lowest BCUT2D eigenvalue weighted by Crippen LogP contribution is -1.93. The van der Waals surface area contributed by atoms with E-state index in [1.54, 1.807) is 12.2 Å². The van der Waals surface area contributed by atoms with E-state index in [0.717, 1.165) is 18.6 Å². The summed E-state index contributed by atoms with van der Waals surface area (Å²) in [6, 6.07) is 1.97. The molecule has 0 bridgehead atoms. The van der Waals surface area contributed by atoms with Gasteiger partial charge in [-0.2, -0.15) is 5.26 Å². The standard InChI is InChI=1S/C15H19NO.C2H6/c1-5-8-11-14(9-6-2)17-15(10-7-3)13(4)12-16;1-2/h6-7,9-11H,3-5,8H2,1-2H3;1-2H3/b9-6-,14-11+,15-10+;. The number of nitriles is 1. The summed E-state index contributed by atoms with van der Waals surface area (Å²) in [7, 11) is 0. The molecule has 0 fully saturated rings. The molecule has 0 radical (unpaired) electrons. The third-order valence-electron chi connectivity index (χ3n) is 1.89. The molecule has 0 saturated heterocycles. The molecule has 0 aliphatic heterocycles. The summed E-state index contributed by atoms with van der Waals surface area (Å²) in [5.74, 6) is 1.15. The van der Waals surface area contributed by atoms with Gasteiger partial charge in [0.05, 0.1) is 5.57 Å². The Labute approximate surface area is 118 Å². The van der Waals surface area contributed by atoms with E-state index < -0.39 is 0 Å². The molecular formula is C17H25NO. The number of hydrogen-bond acceptors (Lipinski definition) is 2. The minimum Gasteiger partial charge on any atom is -0.456 e. The van der Waals surface area contributed by atoms with Crippen LogP contribution in [0.25, 0.3) is 0 Å². The number of hydrogen-bond donors (Lipinski definition) is 0. The lowest BCUT2D eigenvalue weighted by molar-refractivity contribution is 0.330. The normalized spacial score (nSPS) is 11.3. The van der Waals surface area contributed by atoms with E-state index in [-0.39, 0.29) is 5.57 Å². The molecule has 0 aromatic rings. The van der Waals surface area contributed by atoms with Gasteiger partial charge in [-0.25, -0.2) is 0 Å². The molecular weight excluding hydrogens is 234 g/mol. The van der Waals surface area contributed by atoms with E-state index in [9.17, 15) is 0 Å². The Kier molecular flexibility index (Phi) is 14.3. The van der Waals surface area contributed by atoms with E-state index in [4.69, 9.17) is 10.00 Å². The molecule has 0 unspecified atom stereocenters. The van der Waals surface area contributed by atoms with Crippen molar-refractivity contribution in [2.45, 2.75) is 40.5 Å². The van der Waals surface area contributed by atoms with Crippen LogP contribution < -0.4 is 0 Å². The smallest absolute Gasteiger partial charge is 0.144 e. The van der Waals surface area contributed by atoms with Gasteiger partial charge in [0.1, 0.15) is 17.6 Å². The Morgan fingerprint density at radius 3 is 2.42 bits per heavy atom. The van der Waals surface area contributed by atoms with Gasteiger partial charge in [-0.15, -0.1) is 0 Å². The minimum atomic E-state index is 0.289. The molecule has 0 rings (SSSR count). The summed E-state index contributed by atoms with van der Waals surface area (Å²) in [6.07, 6.45) is 10.9. The predicted octanol–water partition coefficient (Wildman–Crippen LogP) is 5.44. The second-order valence-corrected chi connectivity index (χ2v) is 3.35. The van der Waals surface area contributed by atoms with Crippen molar-refractivity contribution in [3.05, 3.63) is 60.6 Å². The van der Waals surface area contributed by atoms with Crippen molar-refractivity contribution in [3.8, 4) is 6.07 Å². The summed E-state index contributed by atoms with van der Waals surface area (Å²) >= 11 is 0. The zero-order valence-corrected chi connectivity index (χ0v) is 12.6. The first-order valence-electron chi connectivity index (χ1n) is 6.62. The number of allylic oxidation sites excluding steroid dienone is 6. The highest BCUT2D eigenvalue weighted by Crippen LogP contribution is 2.16. The lowest BCUT2D eigenvalue weighted by atomic mass is 10.2. The maximum absolute atomic E-state index is 8.81. The van der Waals surface area contributed by atoms with E-state index in [1.165, 1.54) is 0 Å². The molecule has 19 heavy (non-hydrogen) atoms. The minimum absolute atomic E-state index is 0.289. The average Bonchev–Trinajstić information content (AvgIpc) is 2.45. The molecule has 0 aliphatic carbocycles. The summed E-state index contributed by atoms with van der Waals surface area (Å²) in [5, 5.41) is 8.81. The van der Waals surface area contributed by atoms with Gasteiger partial charge in [-0.05, 0) is 31.6 Å². The molecule has 0 aromatic heterocycles. The van der Waals surface area contributed by atoms with Crippen LogP contribution in [-0.2, 0) is 4.74 Å². The molecule has 0 aromatic carbocycles. The third kappa shape index (κ3) is 9.67. The highest BCUT2D eigenvalue weighted by Gasteiger charge is 2.04. The molecule has 2 nitrogen and oxygen atoms in total. The van der Waals surface area contributed by atoms with Crippen LogP contribution in [0.3, 0.4) is 0 Å². The first kappa shape index (κ1) is 19.3. The number of ether oxygens (including phenoxy) is 1. The number of unbranched alkanes of at least 4 members (excludes halogenated alkanes) is 1. The summed E-state index contributed by atoms with van der Waals surface area (Å²) in [5.41, 5.74) is 0.289. The highest BCUT2D eigenvalue weighted by molar-refractivity contribution is 5.38. The average molecular weight is 259 g/mol. The maximum atomic E-state index is 8.81. The van der Waals surface area contributed by atoms with Gasteiger partial charge < -0.3 is 4.74 Å². The monoisotopic (exact) mass is 259 g/mol. The summed E-state index contributed by atoms with van der Waals surface area (Å²) < 4.78 is 5.63. The van der Waals surface area contributed by atoms with Crippen LogP contribution in [-0.4, -0.2) is 0 Å². The zero-order valence-electron chi connectivity index (χ0n) is 12.6. The molecule has 2 heteroatoms. The fraction of sp³-hybridized carbons (Fsp3) is 0.353. The van der Waals surface area contributed by atoms with Crippen molar-refractivity contribution >= 4 is 0 Å². The van der Waals surface area contributed by atoms with Gasteiger partial charge in [-0.1, -0.05) is 52.5 Å². The van der Waals surface area contributed by atoms with Crippen molar-refractivity contribution < 1.29 is 4.74 Å². The largest absolute Gasteiger partial charge is 0.456 e. The Morgan fingerprint density at radius 2 is 2.00 bits per heavy atom. The van der Waals surface area contributed by atoms with Gasteiger partial charge in [0, 0.05) is 0 Å².